The predicted molar refractivity (Wildman–Crippen MR) is 123 cm³/mol. The van der Waals surface area contributed by atoms with Crippen LogP contribution in [0.4, 0.5) is 0 Å². The molecule has 3 N–H and O–H groups in total. The van der Waals surface area contributed by atoms with Crippen LogP contribution in [0, 0.1) is 0 Å². The van der Waals surface area contributed by atoms with E-state index in [0.29, 0.717) is 6.61 Å². The second-order valence-corrected chi connectivity index (χ2v) is 8.88. The van der Waals surface area contributed by atoms with Crippen LogP contribution in [0.15, 0.2) is 12.7 Å². The van der Waals surface area contributed by atoms with Crippen molar-refractivity contribution in [3.8, 4) is 0 Å². The Morgan fingerprint density at radius 1 is 0.800 bits per heavy atom. The highest BCUT2D eigenvalue weighted by molar-refractivity contribution is 4.87. The van der Waals surface area contributed by atoms with Crippen LogP contribution >= 0.6 is 0 Å². The predicted octanol–water partition coefficient (Wildman–Crippen LogP) is 4.91. The number of ether oxygens (including phenoxy) is 2. The van der Waals surface area contributed by atoms with Crippen LogP contribution in [-0.4, -0.2) is 59.6 Å². The molecule has 1 fully saturated rings. The fourth-order valence-electron chi connectivity index (χ4n) is 4.05. The van der Waals surface area contributed by atoms with Crippen molar-refractivity contribution in [2.24, 2.45) is 0 Å². The van der Waals surface area contributed by atoms with Gasteiger partial charge in [-0.15, -0.1) is 6.58 Å². The van der Waals surface area contributed by atoms with Crippen molar-refractivity contribution in [1.82, 2.24) is 0 Å². The van der Waals surface area contributed by atoms with Gasteiger partial charge in [0.2, 0.25) is 0 Å². The van der Waals surface area contributed by atoms with E-state index in [2.05, 4.69) is 6.58 Å². The number of rotatable bonds is 21. The lowest BCUT2D eigenvalue weighted by atomic mass is 10.0. The summed E-state index contributed by atoms with van der Waals surface area (Å²) in [6.07, 6.45) is 19.5. The molecule has 0 radical (unpaired) electrons. The summed E-state index contributed by atoms with van der Waals surface area (Å²) in [6, 6.07) is 0. The minimum Gasteiger partial charge on any atom is -0.388 e. The van der Waals surface area contributed by atoms with Gasteiger partial charge in [-0.05, 0) is 19.3 Å². The number of hydrogen-bond acceptors (Lipinski definition) is 5. The first-order chi connectivity index (χ1) is 14.7. The molecular formula is C25H48O5. The third-order valence-electron chi connectivity index (χ3n) is 6.06. The summed E-state index contributed by atoms with van der Waals surface area (Å²) in [4.78, 5) is 0. The quantitative estimate of drug-likeness (QED) is 0.179. The Labute approximate surface area is 184 Å². The zero-order valence-electron chi connectivity index (χ0n) is 19.2. The minimum atomic E-state index is -1.03. The Bertz CT molecular complexity index is 390. The lowest BCUT2D eigenvalue weighted by Crippen LogP contribution is -2.40. The highest BCUT2D eigenvalue weighted by atomic mass is 16.5. The molecule has 5 heteroatoms. The molecule has 1 rings (SSSR count). The maximum Gasteiger partial charge on any atom is 0.114 e. The van der Waals surface area contributed by atoms with Gasteiger partial charge in [0.05, 0.1) is 13.2 Å². The summed E-state index contributed by atoms with van der Waals surface area (Å²) in [5.41, 5.74) is 0. The maximum atomic E-state index is 9.96. The molecule has 1 aliphatic rings. The van der Waals surface area contributed by atoms with E-state index in [1.807, 2.05) is 6.08 Å². The Morgan fingerprint density at radius 3 is 1.70 bits per heavy atom. The smallest absolute Gasteiger partial charge is 0.114 e. The van der Waals surface area contributed by atoms with Crippen LogP contribution in [0.25, 0.3) is 0 Å². The molecule has 0 amide bonds. The van der Waals surface area contributed by atoms with Gasteiger partial charge in [0, 0.05) is 6.61 Å². The second kappa shape index (κ2) is 19.2. The standard InChI is InChI=1S/C25H48O5/c1-2-3-4-5-6-7-8-9-10-11-12-13-14-15-16-17-18-19-29-20-23(27)25-24(28)22(26)21-30-25/h2,22-28H,1,3-21H2/t22-,23+,24+,25+/m0/s1. The molecule has 1 aliphatic heterocycles. The summed E-state index contributed by atoms with van der Waals surface area (Å²) in [7, 11) is 0. The first kappa shape index (κ1) is 27.6. The molecule has 0 unspecified atom stereocenters. The van der Waals surface area contributed by atoms with Crippen LogP contribution in [0.3, 0.4) is 0 Å². The number of aliphatic hydroxyl groups is 3. The van der Waals surface area contributed by atoms with Crippen molar-refractivity contribution in [3.63, 3.8) is 0 Å². The summed E-state index contributed by atoms with van der Waals surface area (Å²) >= 11 is 0. The average molecular weight is 429 g/mol. The molecule has 1 heterocycles. The average Bonchev–Trinajstić information content (AvgIpc) is 3.08. The number of aliphatic hydroxyl groups excluding tert-OH is 3. The maximum absolute atomic E-state index is 9.96. The molecule has 1 saturated heterocycles. The van der Waals surface area contributed by atoms with E-state index in [9.17, 15) is 15.3 Å². The Morgan fingerprint density at radius 2 is 1.27 bits per heavy atom. The van der Waals surface area contributed by atoms with Gasteiger partial charge in [-0.2, -0.15) is 0 Å². The molecule has 0 bridgehead atoms. The topological polar surface area (TPSA) is 79.2 Å². The van der Waals surface area contributed by atoms with Crippen LogP contribution in [-0.2, 0) is 9.47 Å². The lowest BCUT2D eigenvalue weighted by molar-refractivity contribution is -0.0813. The normalized spacial score (nSPS) is 22.4. The van der Waals surface area contributed by atoms with Crippen LogP contribution in [0.1, 0.15) is 103 Å². The minimum absolute atomic E-state index is 0.0690. The second-order valence-electron chi connectivity index (χ2n) is 8.88. The van der Waals surface area contributed by atoms with Crippen LogP contribution in [0.5, 0.6) is 0 Å². The molecule has 178 valence electrons. The highest BCUT2D eigenvalue weighted by Gasteiger charge is 2.39. The molecule has 5 nitrogen and oxygen atoms in total. The lowest BCUT2D eigenvalue weighted by Gasteiger charge is -2.20. The SMILES string of the molecule is C=CCCCCCCCCCCCCCCCCCOC[C@@H](O)[C@H]1OC[C@H](O)[C@H]1O. The molecule has 0 saturated carbocycles. The van der Waals surface area contributed by atoms with Gasteiger partial charge < -0.3 is 24.8 Å². The zero-order chi connectivity index (χ0) is 21.9. The number of allylic oxidation sites excluding steroid dienone is 1. The first-order valence-corrected chi connectivity index (χ1v) is 12.5. The van der Waals surface area contributed by atoms with E-state index in [1.165, 1.54) is 89.9 Å². The van der Waals surface area contributed by atoms with Gasteiger partial charge >= 0.3 is 0 Å². The summed E-state index contributed by atoms with van der Waals surface area (Å²) in [5.74, 6) is 0. The Kier molecular flexibility index (Phi) is 17.7. The van der Waals surface area contributed by atoms with Crippen molar-refractivity contribution in [2.75, 3.05) is 19.8 Å². The Balaban J connectivity index is 1.73. The van der Waals surface area contributed by atoms with Gasteiger partial charge in [-0.3, -0.25) is 0 Å². The fourth-order valence-corrected chi connectivity index (χ4v) is 4.05. The van der Waals surface area contributed by atoms with Crippen LogP contribution < -0.4 is 0 Å². The van der Waals surface area contributed by atoms with E-state index < -0.39 is 24.4 Å². The van der Waals surface area contributed by atoms with E-state index in [-0.39, 0.29) is 13.2 Å². The van der Waals surface area contributed by atoms with E-state index in [4.69, 9.17) is 9.47 Å². The molecule has 0 aromatic rings. The highest BCUT2D eigenvalue weighted by Crippen LogP contribution is 2.18. The third-order valence-corrected chi connectivity index (χ3v) is 6.06. The van der Waals surface area contributed by atoms with Crippen LogP contribution in [0.2, 0.25) is 0 Å². The third kappa shape index (κ3) is 13.8. The van der Waals surface area contributed by atoms with Gasteiger partial charge in [0.25, 0.3) is 0 Å². The number of hydrogen-bond donors (Lipinski definition) is 3. The molecule has 0 spiro atoms. The summed E-state index contributed by atoms with van der Waals surface area (Å²) in [6.45, 7) is 4.60. The van der Waals surface area contributed by atoms with E-state index >= 15 is 0 Å². The number of unbranched alkanes of at least 4 members (excludes halogenated alkanes) is 15. The molecule has 0 aromatic carbocycles. The van der Waals surface area contributed by atoms with Crippen molar-refractivity contribution in [1.29, 1.82) is 0 Å². The Hall–Kier alpha value is -0.460. The van der Waals surface area contributed by atoms with E-state index in [0.717, 1.165) is 12.8 Å². The molecule has 4 atom stereocenters. The van der Waals surface area contributed by atoms with Crippen molar-refractivity contribution in [3.05, 3.63) is 12.7 Å². The molecule has 0 aliphatic carbocycles. The van der Waals surface area contributed by atoms with Gasteiger partial charge in [-0.25, -0.2) is 0 Å². The van der Waals surface area contributed by atoms with Crippen molar-refractivity contribution >= 4 is 0 Å². The summed E-state index contributed by atoms with van der Waals surface area (Å²) in [5, 5.41) is 29.1. The van der Waals surface area contributed by atoms with Gasteiger partial charge in [0.1, 0.15) is 24.4 Å². The molecule has 30 heavy (non-hydrogen) atoms. The molecule has 0 aromatic heterocycles. The largest absolute Gasteiger partial charge is 0.388 e. The van der Waals surface area contributed by atoms with Crippen molar-refractivity contribution < 1.29 is 24.8 Å². The monoisotopic (exact) mass is 428 g/mol. The first-order valence-electron chi connectivity index (χ1n) is 12.5. The van der Waals surface area contributed by atoms with E-state index in [1.54, 1.807) is 0 Å². The molecular weight excluding hydrogens is 380 g/mol. The zero-order valence-corrected chi connectivity index (χ0v) is 19.2. The summed E-state index contributed by atoms with van der Waals surface area (Å²) < 4.78 is 10.7. The van der Waals surface area contributed by atoms with Crippen molar-refractivity contribution in [2.45, 2.75) is 127 Å². The van der Waals surface area contributed by atoms with Gasteiger partial charge in [0.15, 0.2) is 0 Å². The fraction of sp³-hybridized carbons (Fsp3) is 0.920. The van der Waals surface area contributed by atoms with Gasteiger partial charge in [-0.1, -0.05) is 89.5 Å².